The van der Waals surface area contributed by atoms with E-state index >= 15 is 0 Å². The van der Waals surface area contributed by atoms with Crippen molar-refractivity contribution in [2.45, 2.75) is 6.92 Å². The van der Waals surface area contributed by atoms with Gasteiger partial charge in [0.15, 0.2) is 11.5 Å². The van der Waals surface area contributed by atoms with Crippen molar-refractivity contribution >= 4 is 29.4 Å². The van der Waals surface area contributed by atoms with Crippen LogP contribution in [0.4, 0.5) is 5.82 Å². The molecule has 1 heterocycles. The predicted octanol–water partition coefficient (Wildman–Crippen LogP) is 3.79. The lowest BCUT2D eigenvalue weighted by Crippen LogP contribution is -2.08. The molecule has 23 heavy (non-hydrogen) atoms. The Morgan fingerprint density at radius 3 is 2.87 bits per heavy atom. The van der Waals surface area contributed by atoms with Crippen molar-refractivity contribution in [1.29, 1.82) is 0 Å². The number of amides is 1. The summed E-state index contributed by atoms with van der Waals surface area (Å²) < 4.78 is 10.7. The van der Waals surface area contributed by atoms with Gasteiger partial charge in [0, 0.05) is 12.3 Å². The molecule has 0 aliphatic heterocycles. The Morgan fingerprint density at radius 1 is 1.39 bits per heavy atom. The molecular formula is C17H17ClN2O3. The largest absolute Gasteiger partial charge is 0.491 e. The molecular weight excluding hydrogens is 316 g/mol. The first kappa shape index (κ1) is 16.8. The fraction of sp³-hybridized carbons (Fsp3) is 0.176. The lowest BCUT2D eigenvalue weighted by molar-refractivity contribution is -0.111. The zero-order valence-corrected chi connectivity index (χ0v) is 13.6. The second-order valence-corrected chi connectivity index (χ2v) is 4.91. The van der Waals surface area contributed by atoms with Gasteiger partial charge in [-0.05, 0) is 42.8 Å². The Balaban J connectivity index is 2.14. The highest BCUT2D eigenvalue weighted by Gasteiger charge is 2.10. The van der Waals surface area contributed by atoms with E-state index in [1.165, 1.54) is 13.2 Å². The predicted molar refractivity (Wildman–Crippen MR) is 91.1 cm³/mol. The number of anilines is 1. The molecule has 0 saturated heterocycles. The van der Waals surface area contributed by atoms with Crippen LogP contribution in [0.1, 0.15) is 12.5 Å². The Hall–Kier alpha value is -2.53. The molecule has 1 aromatic carbocycles. The maximum absolute atomic E-state index is 11.9. The Kier molecular flexibility index (Phi) is 6.00. The van der Waals surface area contributed by atoms with E-state index in [1.807, 2.05) is 6.92 Å². The highest BCUT2D eigenvalue weighted by atomic mass is 35.5. The molecule has 0 aliphatic carbocycles. The number of pyridine rings is 1. The average molecular weight is 333 g/mol. The summed E-state index contributed by atoms with van der Waals surface area (Å²) in [6, 6.07) is 8.75. The molecule has 2 aromatic rings. The molecule has 0 radical (unpaired) electrons. The monoisotopic (exact) mass is 332 g/mol. The molecule has 0 aliphatic rings. The summed E-state index contributed by atoms with van der Waals surface area (Å²) in [5, 5.41) is 3.08. The standard InChI is InChI=1S/C17H17ClN2O3/c1-3-23-14-11-12(10-13(18)17(14)22-2)7-8-16(21)20-15-6-4-5-9-19-15/h4-11H,3H2,1-2H3,(H,19,20,21)/b8-7+. The fourth-order valence-corrected chi connectivity index (χ4v) is 2.22. The van der Waals surface area contributed by atoms with E-state index in [4.69, 9.17) is 21.1 Å². The van der Waals surface area contributed by atoms with Crippen LogP contribution in [0.2, 0.25) is 5.02 Å². The van der Waals surface area contributed by atoms with Crippen LogP contribution in [0.3, 0.4) is 0 Å². The molecule has 5 nitrogen and oxygen atoms in total. The van der Waals surface area contributed by atoms with Crippen molar-refractivity contribution in [3.05, 3.63) is 53.2 Å². The number of methoxy groups -OCH3 is 1. The molecule has 0 bridgehead atoms. The maximum Gasteiger partial charge on any atom is 0.249 e. The molecule has 0 fully saturated rings. The second-order valence-electron chi connectivity index (χ2n) is 4.50. The highest BCUT2D eigenvalue weighted by molar-refractivity contribution is 6.32. The van der Waals surface area contributed by atoms with E-state index in [-0.39, 0.29) is 5.91 Å². The number of hydrogen-bond donors (Lipinski definition) is 1. The van der Waals surface area contributed by atoms with Crippen molar-refractivity contribution in [1.82, 2.24) is 4.98 Å². The fourth-order valence-electron chi connectivity index (χ4n) is 1.92. The normalized spacial score (nSPS) is 10.6. The van der Waals surface area contributed by atoms with E-state index < -0.39 is 0 Å². The number of aromatic nitrogens is 1. The van der Waals surface area contributed by atoms with Gasteiger partial charge in [0.1, 0.15) is 5.82 Å². The van der Waals surface area contributed by atoms with E-state index in [0.29, 0.717) is 28.9 Å². The van der Waals surface area contributed by atoms with Crippen LogP contribution in [0.15, 0.2) is 42.6 Å². The van der Waals surface area contributed by atoms with Crippen molar-refractivity contribution in [3.8, 4) is 11.5 Å². The molecule has 0 spiro atoms. The number of ether oxygens (including phenoxy) is 2. The minimum absolute atomic E-state index is 0.284. The topological polar surface area (TPSA) is 60.5 Å². The Labute approximate surface area is 139 Å². The number of halogens is 1. The quantitative estimate of drug-likeness (QED) is 0.817. The van der Waals surface area contributed by atoms with E-state index in [9.17, 15) is 4.79 Å². The maximum atomic E-state index is 11.9. The second kappa shape index (κ2) is 8.19. The molecule has 0 atom stereocenters. The molecule has 0 unspecified atom stereocenters. The van der Waals surface area contributed by atoms with Crippen LogP contribution >= 0.6 is 11.6 Å². The van der Waals surface area contributed by atoms with Gasteiger partial charge in [0.2, 0.25) is 5.91 Å². The van der Waals surface area contributed by atoms with Gasteiger partial charge in [-0.1, -0.05) is 17.7 Å². The number of nitrogens with one attached hydrogen (secondary N) is 1. The van der Waals surface area contributed by atoms with Crippen LogP contribution in [0, 0.1) is 0 Å². The summed E-state index contributed by atoms with van der Waals surface area (Å²) >= 11 is 6.17. The smallest absolute Gasteiger partial charge is 0.249 e. The average Bonchev–Trinajstić information content (AvgIpc) is 2.54. The third kappa shape index (κ3) is 4.72. The van der Waals surface area contributed by atoms with Crippen molar-refractivity contribution in [2.75, 3.05) is 19.0 Å². The number of hydrogen-bond acceptors (Lipinski definition) is 4. The number of rotatable bonds is 6. The lowest BCUT2D eigenvalue weighted by atomic mass is 10.2. The zero-order valence-electron chi connectivity index (χ0n) is 12.9. The molecule has 2 rings (SSSR count). The van der Waals surface area contributed by atoms with Crippen molar-refractivity contribution in [2.24, 2.45) is 0 Å². The number of benzene rings is 1. The summed E-state index contributed by atoms with van der Waals surface area (Å²) in [7, 11) is 1.53. The number of carbonyl (C=O) groups excluding carboxylic acids is 1. The molecule has 6 heteroatoms. The van der Waals surface area contributed by atoms with E-state index in [1.54, 1.807) is 42.6 Å². The van der Waals surface area contributed by atoms with Crippen LogP contribution in [0.25, 0.3) is 6.08 Å². The summed E-state index contributed by atoms with van der Waals surface area (Å²) in [5.41, 5.74) is 0.732. The van der Waals surface area contributed by atoms with Crippen LogP contribution in [0.5, 0.6) is 11.5 Å². The van der Waals surface area contributed by atoms with Gasteiger partial charge in [-0.3, -0.25) is 4.79 Å². The summed E-state index contributed by atoms with van der Waals surface area (Å²) in [4.78, 5) is 15.9. The molecule has 1 N–H and O–H groups in total. The Morgan fingerprint density at radius 2 is 2.22 bits per heavy atom. The van der Waals surface area contributed by atoms with Gasteiger partial charge in [0.05, 0.1) is 18.7 Å². The van der Waals surface area contributed by atoms with Crippen LogP contribution in [-0.2, 0) is 4.79 Å². The lowest BCUT2D eigenvalue weighted by Gasteiger charge is -2.11. The zero-order chi connectivity index (χ0) is 16.7. The SMILES string of the molecule is CCOc1cc(/C=C/C(=O)Nc2ccccn2)cc(Cl)c1OC. The molecule has 0 saturated carbocycles. The van der Waals surface area contributed by atoms with Gasteiger partial charge in [-0.2, -0.15) is 0 Å². The Bertz CT molecular complexity index is 702. The first-order chi connectivity index (χ1) is 11.1. The highest BCUT2D eigenvalue weighted by Crippen LogP contribution is 2.36. The third-order valence-corrected chi connectivity index (χ3v) is 3.16. The minimum atomic E-state index is -0.284. The first-order valence-electron chi connectivity index (χ1n) is 7.04. The summed E-state index contributed by atoms with van der Waals surface area (Å²) in [5.74, 6) is 1.22. The summed E-state index contributed by atoms with van der Waals surface area (Å²) in [6.45, 7) is 2.36. The van der Waals surface area contributed by atoms with E-state index in [2.05, 4.69) is 10.3 Å². The van der Waals surface area contributed by atoms with Gasteiger partial charge < -0.3 is 14.8 Å². The van der Waals surface area contributed by atoms with Crippen LogP contribution in [-0.4, -0.2) is 24.6 Å². The molecule has 1 amide bonds. The number of nitrogens with zero attached hydrogens (tertiary/aromatic N) is 1. The minimum Gasteiger partial charge on any atom is -0.491 e. The molecule has 120 valence electrons. The number of carbonyl (C=O) groups is 1. The van der Waals surface area contributed by atoms with Crippen LogP contribution < -0.4 is 14.8 Å². The van der Waals surface area contributed by atoms with E-state index in [0.717, 1.165) is 5.56 Å². The van der Waals surface area contributed by atoms with Crippen molar-refractivity contribution in [3.63, 3.8) is 0 Å². The van der Waals surface area contributed by atoms with Gasteiger partial charge in [-0.15, -0.1) is 0 Å². The summed E-state index contributed by atoms with van der Waals surface area (Å²) in [6.07, 6.45) is 4.66. The first-order valence-corrected chi connectivity index (χ1v) is 7.42. The third-order valence-electron chi connectivity index (χ3n) is 2.88. The van der Waals surface area contributed by atoms with Gasteiger partial charge in [-0.25, -0.2) is 4.98 Å². The van der Waals surface area contributed by atoms with Crippen molar-refractivity contribution < 1.29 is 14.3 Å². The van der Waals surface area contributed by atoms with Gasteiger partial charge >= 0.3 is 0 Å². The molecule has 1 aromatic heterocycles. The van der Waals surface area contributed by atoms with Gasteiger partial charge in [0.25, 0.3) is 0 Å².